The number of rotatable bonds is 1. The van der Waals surface area contributed by atoms with Gasteiger partial charge in [-0.25, -0.2) is 4.99 Å². The van der Waals surface area contributed by atoms with Gasteiger partial charge in [0, 0.05) is 5.56 Å². The lowest BCUT2D eigenvalue weighted by Crippen LogP contribution is -2.12. The van der Waals surface area contributed by atoms with Crippen LogP contribution in [-0.4, -0.2) is 17.4 Å². The molecule has 0 heterocycles. The molecule has 0 radical (unpaired) electrons. The van der Waals surface area contributed by atoms with E-state index in [0.717, 1.165) is 5.56 Å². The summed E-state index contributed by atoms with van der Waals surface area (Å²) in [6, 6.07) is 7.32. The maximum absolute atomic E-state index is 12.1. The maximum Gasteiger partial charge on any atom is 0.277 e. The molecule has 1 aromatic rings. The van der Waals surface area contributed by atoms with Crippen molar-refractivity contribution in [3.8, 4) is 0 Å². The summed E-state index contributed by atoms with van der Waals surface area (Å²) in [6.45, 7) is 5.33. The molecule has 0 unspecified atom stereocenters. The van der Waals surface area contributed by atoms with Crippen molar-refractivity contribution < 1.29 is 9.59 Å². The number of amides is 1. The molecule has 0 saturated carbocycles. The molecule has 1 aromatic carbocycles. The number of hydrogen-bond acceptors (Lipinski definition) is 2. The molecule has 0 fully saturated rings. The Hall–Kier alpha value is -2.29. The van der Waals surface area contributed by atoms with Gasteiger partial charge >= 0.3 is 0 Å². The normalized spacial score (nSPS) is 14.9. The summed E-state index contributed by atoms with van der Waals surface area (Å²) in [5.74, 6) is -0.280. The van der Waals surface area contributed by atoms with E-state index in [-0.39, 0.29) is 11.7 Å². The van der Waals surface area contributed by atoms with Crippen LogP contribution in [0.25, 0.3) is 0 Å². The molecule has 19 heavy (non-hydrogen) atoms. The molecule has 0 saturated heterocycles. The molecule has 0 atom stereocenters. The molecular weight excluding hydrogens is 238 g/mol. The molecule has 1 aliphatic rings. The summed E-state index contributed by atoms with van der Waals surface area (Å²) in [4.78, 5) is 27.8. The van der Waals surface area contributed by atoms with Crippen LogP contribution >= 0.6 is 0 Å². The zero-order valence-corrected chi connectivity index (χ0v) is 11.2. The molecule has 96 valence electrons. The Kier molecular flexibility index (Phi) is 3.56. The van der Waals surface area contributed by atoms with Gasteiger partial charge in [-0.15, -0.1) is 0 Å². The molecular formula is C16H15NO2. The summed E-state index contributed by atoms with van der Waals surface area (Å²) in [7, 11) is 0. The SMILES string of the molecule is CC1=CC(=NC(=O)c2ccccc2C)C=C(C)C1=O. The minimum atomic E-state index is -0.282. The van der Waals surface area contributed by atoms with Gasteiger partial charge < -0.3 is 0 Å². The van der Waals surface area contributed by atoms with Gasteiger partial charge in [0.2, 0.25) is 0 Å². The van der Waals surface area contributed by atoms with Gasteiger partial charge in [-0.1, -0.05) is 18.2 Å². The topological polar surface area (TPSA) is 46.5 Å². The van der Waals surface area contributed by atoms with Gasteiger partial charge in [-0.05, 0) is 55.7 Å². The van der Waals surface area contributed by atoms with Crippen molar-refractivity contribution >= 4 is 17.4 Å². The average molecular weight is 253 g/mol. The quantitative estimate of drug-likeness (QED) is 0.722. The third kappa shape index (κ3) is 2.76. The number of allylic oxidation sites excluding steroid dienone is 4. The van der Waals surface area contributed by atoms with Gasteiger partial charge in [0.25, 0.3) is 5.91 Å². The van der Waals surface area contributed by atoms with E-state index in [0.29, 0.717) is 22.4 Å². The van der Waals surface area contributed by atoms with E-state index in [2.05, 4.69) is 4.99 Å². The summed E-state index contributed by atoms with van der Waals surface area (Å²) < 4.78 is 0. The minimum Gasteiger partial charge on any atom is -0.289 e. The monoisotopic (exact) mass is 253 g/mol. The summed E-state index contributed by atoms with van der Waals surface area (Å²) in [5, 5.41) is 0. The van der Waals surface area contributed by atoms with Crippen LogP contribution in [0.2, 0.25) is 0 Å². The fraction of sp³-hybridized carbons (Fsp3) is 0.188. The predicted octanol–water partition coefficient (Wildman–Crippen LogP) is 3.05. The zero-order valence-electron chi connectivity index (χ0n) is 11.2. The number of carbonyl (C=O) groups excluding carboxylic acids is 2. The Morgan fingerprint density at radius 2 is 1.58 bits per heavy atom. The van der Waals surface area contributed by atoms with Crippen molar-refractivity contribution in [1.82, 2.24) is 0 Å². The van der Waals surface area contributed by atoms with E-state index in [4.69, 9.17) is 0 Å². The number of ketones is 1. The zero-order chi connectivity index (χ0) is 14.0. The lowest BCUT2D eigenvalue weighted by atomic mass is 9.98. The predicted molar refractivity (Wildman–Crippen MR) is 75.5 cm³/mol. The Labute approximate surface area is 112 Å². The number of Topliss-reactive ketones (excluding diaryl/α,β-unsaturated/α-hetero) is 1. The number of aliphatic imine (C=N–C) groups is 1. The van der Waals surface area contributed by atoms with Crippen LogP contribution < -0.4 is 0 Å². The molecule has 3 heteroatoms. The molecule has 0 aromatic heterocycles. The molecule has 3 nitrogen and oxygen atoms in total. The van der Waals surface area contributed by atoms with Gasteiger partial charge in [0.15, 0.2) is 5.78 Å². The lowest BCUT2D eigenvalue weighted by Gasteiger charge is -2.08. The number of aryl methyl sites for hydroxylation is 1. The standard InChI is InChI=1S/C16H15NO2/c1-10-6-4-5-7-14(10)16(19)17-13-8-11(2)15(18)12(3)9-13/h4-9H,1-3H3. The van der Waals surface area contributed by atoms with Crippen LogP contribution in [0.5, 0.6) is 0 Å². The van der Waals surface area contributed by atoms with E-state index < -0.39 is 0 Å². The smallest absolute Gasteiger partial charge is 0.277 e. The first kappa shape index (κ1) is 13.1. The van der Waals surface area contributed by atoms with Crippen LogP contribution in [0.3, 0.4) is 0 Å². The summed E-state index contributed by atoms with van der Waals surface area (Å²) in [6.07, 6.45) is 3.29. The Bertz CT molecular complexity index is 624. The molecule has 1 aliphatic carbocycles. The Balaban J connectivity index is 2.36. The van der Waals surface area contributed by atoms with Crippen LogP contribution in [0.4, 0.5) is 0 Å². The van der Waals surface area contributed by atoms with Crippen LogP contribution in [0.1, 0.15) is 29.8 Å². The van der Waals surface area contributed by atoms with E-state index in [1.807, 2.05) is 25.1 Å². The highest BCUT2D eigenvalue weighted by molar-refractivity contribution is 6.23. The third-order valence-electron chi connectivity index (χ3n) is 3.05. The first-order valence-corrected chi connectivity index (χ1v) is 6.09. The van der Waals surface area contributed by atoms with Crippen molar-refractivity contribution in [2.24, 2.45) is 4.99 Å². The largest absolute Gasteiger partial charge is 0.289 e. The van der Waals surface area contributed by atoms with Crippen molar-refractivity contribution in [2.75, 3.05) is 0 Å². The number of carbonyl (C=O) groups is 2. The van der Waals surface area contributed by atoms with Crippen molar-refractivity contribution in [2.45, 2.75) is 20.8 Å². The Morgan fingerprint density at radius 1 is 1.00 bits per heavy atom. The van der Waals surface area contributed by atoms with Crippen molar-refractivity contribution in [3.05, 3.63) is 58.7 Å². The number of benzene rings is 1. The Morgan fingerprint density at radius 3 is 2.16 bits per heavy atom. The second kappa shape index (κ2) is 5.14. The molecule has 0 aliphatic heterocycles. The fourth-order valence-corrected chi connectivity index (χ4v) is 1.98. The van der Waals surface area contributed by atoms with Crippen molar-refractivity contribution in [3.63, 3.8) is 0 Å². The lowest BCUT2D eigenvalue weighted by molar-refractivity contribution is -0.112. The number of nitrogens with zero attached hydrogens (tertiary/aromatic N) is 1. The highest BCUT2D eigenvalue weighted by Crippen LogP contribution is 2.14. The van der Waals surface area contributed by atoms with E-state index in [1.54, 1.807) is 32.1 Å². The molecule has 0 N–H and O–H groups in total. The minimum absolute atomic E-state index is 0.00212. The molecule has 0 bridgehead atoms. The van der Waals surface area contributed by atoms with Crippen molar-refractivity contribution in [1.29, 1.82) is 0 Å². The van der Waals surface area contributed by atoms with Gasteiger partial charge in [-0.2, -0.15) is 0 Å². The van der Waals surface area contributed by atoms with Gasteiger partial charge in [0.05, 0.1) is 5.71 Å². The second-order valence-corrected chi connectivity index (χ2v) is 4.64. The third-order valence-corrected chi connectivity index (χ3v) is 3.05. The van der Waals surface area contributed by atoms with Crippen LogP contribution in [0.15, 0.2) is 52.6 Å². The number of hydrogen-bond donors (Lipinski definition) is 0. The van der Waals surface area contributed by atoms with Gasteiger partial charge in [-0.3, -0.25) is 9.59 Å². The second-order valence-electron chi connectivity index (χ2n) is 4.64. The highest BCUT2D eigenvalue weighted by Gasteiger charge is 2.15. The van der Waals surface area contributed by atoms with Crippen LogP contribution in [0, 0.1) is 6.92 Å². The van der Waals surface area contributed by atoms with Gasteiger partial charge in [0.1, 0.15) is 0 Å². The first-order valence-electron chi connectivity index (χ1n) is 6.09. The summed E-state index contributed by atoms with van der Waals surface area (Å²) in [5.41, 5.74) is 3.23. The maximum atomic E-state index is 12.1. The molecule has 2 rings (SSSR count). The van der Waals surface area contributed by atoms with E-state index in [9.17, 15) is 9.59 Å². The first-order chi connectivity index (χ1) is 8.99. The van der Waals surface area contributed by atoms with E-state index in [1.165, 1.54) is 0 Å². The highest BCUT2D eigenvalue weighted by atomic mass is 16.1. The van der Waals surface area contributed by atoms with Crippen LogP contribution in [-0.2, 0) is 4.79 Å². The summed E-state index contributed by atoms with van der Waals surface area (Å²) >= 11 is 0. The average Bonchev–Trinajstić information content (AvgIpc) is 2.36. The molecule has 1 amide bonds. The van der Waals surface area contributed by atoms with E-state index >= 15 is 0 Å². The molecule has 0 spiro atoms. The fourth-order valence-electron chi connectivity index (χ4n) is 1.98.